The van der Waals surface area contributed by atoms with Gasteiger partial charge in [-0.1, -0.05) is 5.16 Å². The summed E-state index contributed by atoms with van der Waals surface area (Å²) in [7, 11) is 1.50. The van der Waals surface area contributed by atoms with Crippen LogP contribution in [-0.2, 0) is 9.53 Å². The van der Waals surface area contributed by atoms with Crippen LogP contribution in [0.4, 0.5) is 0 Å². The van der Waals surface area contributed by atoms with E-state index in [1.807, 2.05) is 0 Å². The van der Waals surface area contributed by atoms with Crippen LogP contribution in [0.3, 0.4) is 0 Å². The maximum atomic E-state index is 11.1. The second-order valence-corrected chi connectivity index (χ2v) is 2.33. The van der Waals surface area contributed by atoms with E-state index in [0.29, 0.717) is 11.3 Å². The van der Waals surface area contributed by atoms with Crippen LogP contribution in [-0.4, -0.2) is 30.4 Å². The van der Waals surface area contributed by atoms with Crippen LogP contribution in [0.2, 0.25) is 0 Å². The third-order valence-electron chi connectivity index (χ3n) is 1.46. The summed E-state index contributed by atoms with van der Waals surface area (Å²) in [5.41, 5.74) is 0.856. The highest BCUT2D eigenvalue weighted by Crippen LogP contribution is 2.05. The molecule has 0 bridgehead atoms. The summed E-state index contributed by atoms with van der Waals surface area (Å²) in [5.74, 6) is -0.107. The van der Waals surface area contributed by atoms with Crippen LogP contribution in [0.15, 0.2) is 29.0 Å². The second-order valence-electron chi connectivity index (χ2n) is 2.33. The predicted molar refractivity (Wildman–Crippen MR) is 43.3 cm³/mol. The van der Waals surface area contributed by atoms with Crippen LogP contribution in [0.25, 0.3) is 0 Å². The molecule has 0 heterocycles. The van der Waals surface area contributed by atoms with Gasteiger partial charge in [-0.2, -0.15) is 0 Å². The molecule has 4 nitrogen and oxygen atoms in total. The van der Waals surface area contributed by atoms with Crippen LogP contribution >= 0.6 is 0 Å². The minimum atomic E-state index is -0.107. The largest absolute Gasteiger partial charge is 0.410 e. The Morgan fingerprint density at radius 3 is 2.92 bits per heavy atom. The summed E-state index contributed by atoms with van der Waals surface area (Å²) in [6.45, 7) is 0.238. The van der Waals surface area contributed by atoms with Gasteiger partial charge in [0.2, 0.25) is 0 Å². The maximum absolute atomic E-state index is 11.1. The number of hydrogen-bond donors (Lipinski definition) is 1. The molecule has 0 saturated carbocycles. The van der Waals surface area contributed by atoms with Gasteiger partial charge in [-0.3, -0.25) is 4.79 Å². The first kappa shape index (κ1) is 8.67. The van der Waals surface area contributed by atoms with Crippen LogP contribution in [0, 0.1) is 0 Å². The standard InChI is InChI=1S/C8H9NO3/c1-12-5-6-4-7(9-11)2-3-8(6)10/h2-4,11H,5H2,1H3/b9-7+. The molecule has 0 aliphatic heterocycles. The number of carbonyl (C=O) groups excluding carboxylic acids is 1. The van der Waals surface area contributed by atoms with Gasteiger partial charge < -0.3 is 9.94 Å². The molecule has 12 heavy (non-hydrogen) atoms. The lowest BCUT2D eigenvalue weighted by Gasteiger charge is -2.05. The van der Waals surface area contributed by atoms with E-state index in [4.69, 9.17) is 9.94 Å². The average Bonchev–Trinajstić information content (AvgIpc) is 2.09. The molecule has 0 saturated heterocycles. The number of hydrogen-bond acceptors (Lipinski definition) is 4. The van der Waals surface area contributed by atoms with Gasteiger partial charge in [-0.15, -0.1) is 0 Å². The van der Waals surface area contributed by atoms with Gasteiger partial charge in [-0.05, 0) is 18.2 Å². The fourth-order valence-electron chi connectivity index (χ4n) is 0.896. The molecule has 0 aromatic rings. The lowest BCUT2D eigenvalue weighted by Crippen LogP contribution is -2.11. The number of rotatable bonds is 2. The van der Waals surface area contributed by atoms with E-state index in [2.05, 4.69) is 5.16 Å². The zero-order chi connectivity index (χ0) is 8.97. The van der Waals surface area contributed by atoms with Crippen LogP contribution < -0.4 is 0 Å². The van der Waals surface area contributed by atoms with E-state index in [9.17, 15) is 4.79 Å². The zero-order valence-electron chi connectivity index (χ0n) is 6.65. The molecule has 1 aliphatic carbocycles. The maximum Gasteiger partial charge on any atom is 0.184 e. The summed E-state index contributed by atoms with van der Waals surface area (Å²) >= 11 is 0. The summed E-state index contributed by atoms with van der Waals surface area (Å²) in [6, 6.07) is 0. The topological polar surface area (TPSA) is 58.9 Å². The quantitative estimate of drug-likeness (QED) is 0.370. The van der Waals surface area contributed by atoms with Crippen molar-refractivity contribution >= 4 is 11.5 Å². The van der Waals surface area contributed by atoms with Gasteiger partial charge in [-0.25, -0.2) is 0 Å². The van der Waals surface area contributed by atoms with Gasteiger partial charge in [0.15, 0.2) is 5.78 Å². The molecule has 0 aromatic heterocycles. The Morgan fingerprint density at radius 2 is 2.33 bits per heavy atom. The molecule has 1 rings (SSSR count). The van der Waals surface area contributed by atoms with Gasteiger partial charge in [0.05, 0.1) is 6.61 Å². The number of methoxy groups -OCH3 is 1. The highest BCUT2D eigenvalue weighted by atomic mass is 16.5. The Labute approximate surface area is 69.8 Å². The van der Waals surface area contributed by atoms with Gasteiger partial charge in [0.1, 0.15) is 5.71 Å². The van der Waals surface area contributed by atoms with E-state index < -0.39 is 0 Å². The Balaban J connectivity index is 2.83. The molecule has 1 aliphatic rings. The molecule has 0 spiro atoms. The Morgan fingerprint density at radius 1 is 1.58 bits per heavy atom. The van der Waals surface area contributed by atoms with Crippen molar-refractivity contribution in [2.75, 3.05) is 13.7 Å². The van der Waals surface area contributed by atoms with Crippen LogP contribution in [0.1, 0.15) is 0 Å². The van der Waals surface area contributed by atoms with Crippen molar-refractivity contribution in [1.29, 1.82) is 0 Å². The summed E-state index contributed by atoms with van der Waals surface area (Å²) in [4.78, 5) is 11.1. The smallest absolute Gasteiger partial charge is 0.184 e. The van der Waals surface area contributed by atoms with Crippen molar-refractivity contribution in [3.63, 3.8) is 0 Å². The van der Waals surface area contributed by atoms with E-state index in [1.54, 1.807) is 0 Å². The van der Waals surface area contributed by atoms with Crippen molar-refractivity contribution in [3.05, 3.63) is 23.8 Å². The van der Waals surface area contributed by atoms with E-state index >= 15 is 0 Å². The molecule has 0 fully saturated rings. The summed E-state index contributed by atoms with van der Waals surface area (Å²) < 4.78 is 4.78. The molecule has 0 radical (unpaired) electrons. The molecular weight excluding hydrogens is 158 g/mol. The average molecular weight is 167 g/mol. The molecule has 0 amide bonds. The first-order valence-corrected chi connectivity index (χ1v) is 3.42. The number of nitrogens with zero attached hydrogens (tertiary/aromatic N) is 1. The minimum absolute atomic E-state index is 0.107. The van der Waals surface area contributed by atoms with Crippen molar-refractivity contribution in [1.82, 2.24) is 0 Å². The highest BCUT2D eigenvalue weighted by Gasteiger charge is 2.11. The van der Waals surface area contributed by atoms with Crippen molar-refractivity contribution in [2.24, 2.45) is 5.16 Å². The minimum Gasteiger partial charge on any atom is -0.410 e. The molecule has 0 unspecified atom stereocenters. The highest BCUT2D eigenvalue weighted by molar-refractivity contribution is 6.19. The van der Waals surface area contributed by atoms with E-state index in [0.717, 1.165) is 0 Å². The molecule has 1 N–H and O–H groups in total. The number of carbonyl (C=O) groups is 1. The third-order valence-corrected chi connectivity index (χ3v) is 1.46. The first-order valence-electron chi connectivity index (χ1n) is 3.42. The van der Waals surface area contributed by atoms with E-state index in [-0.39, 0.29) is 12.4 Å². The molecule has 4 heteroatoms. The third kappa shape index (κ3) is 1.79. The normalized spacial score (nSPS) is 19.9. The molecule has 64 valence electrons. The van der Waals surface area contributed by atoms with Gasteiger partial charge in [0.25, 0.3) is 0 Å². The predicted octanol–water partition coefficient (Wildman–Crippen LogP) is 0.528. The lowest BCUT2D eigenvalue weighted by atomic mass is 10.0. The van der Waals surface area contributed by atoms with Crippen molar-refractivity contribution < 1.29 is 14.7 Å². The molecular formula is C8H9NO3. The second kappa shape index (κ2) is 3.82. The van der Waals surface area contributed by atoms with Crippen molar-refractivity contribution in [2.45, 2.75) is 0 Å². The Bertz CT molecular complexity index is 276. The van der Waals surface area contributed by atoms with Crippen molar-refractivity contribution in [3.8, 4) is 0 Å². The fraction of sp³-hybridized carbons (Fsp3) is 0.250. The van der Waals surface area contributed by atoms with Gasteiger partial charge >= 0.3 is 0 Å². The number of ketones is 1. The number of ether oxygens (including phenoxy) is 1. The first-order chi connectivity index (χ1) is 5.77. The van der Waals surface area contributed by atoms with Crippen LogP contribution in [0.5, 0.6) is 0 Å². The molecule has 0 atom stereocenters. The molecule has 0 aromatic carbocycles. The Hall–Kier alpha value is -1.42. The summed E-state index contributed by atoms with van der Waals surface area (Å²) in [5, 5.41) is 11.4. The summed E-state index contributed by atoms with van der Waals surface area (Å²) in [6.07, 6.45) is 4.29. The number of allylic oxidation sites excluding steroid dienone is 3. The Kier molecular flexibility index (Phi) is 2.76. The fourth-order valence-corrected chi connectivity index (χ4v) is 0.896. The van der Waals surface area contributed by atoms with Gasteiger partial charge in [0, 0.05) is 12.7 Å². The zero-order valence-corrected chi connectivity index (χ0v) is 6.65. The number of oxime groups is 1. The monoisotopic (exact) mass is 167 g/mol. The lowest BCUT2D eigenvalue weighted by molar-refractivity contribution is -0.111. The SMILES string of the molecule is COCC1=C/C(=N/O)C=CC1=O. The van der Waals surface area contributed by atoms with E-state index in [1.165, 1.54) is 25.3 Å².